The van der Waals surface area contributed by atoms with E-state index in [-0.39, 0.29) is 16.2 Å². The van der Waals surface area contributed by atoms with Crippen molar-refractivity contribution >= 4 is 97.0 Å². The van der Waals surface area contributed by atoms with Gasteiger partial charge in [0.2, 0.25) is 0 Å². The fourth-order valence-corrected chi connectivity index (χ4v) is 17.4. The molecule has 3 aliphatic carbocycles. The summed E-state index contributed by atoms with van der Waals surface area (Å²) >= 11 is 0. The Bertz CT molecular complexity index is 5200. The van der Waals surface area contributed by atoms with E-state index >= 15 is 0 Å². The molecule has 0 saturated carbocycles. The van der Waals surface area contributed by atoms with Gasteiger partial charge in [0.1, 0.15) is 0 Å². The molecule has 0 N–H and O–H groups in total. The minimum Gasteiger partial charge on any atom is -0.0622 e. The maximum atomic E-state index is 2.64. The van der Waals surface area contributed by atoms with Gasteiger partial charge in [-0.25, -0.2) is 0 Å². The molecule has 0 bridgehead atoms. The molecule has 0 heteroatoms. The van der Waals surface area contributed by atoms with Gasteiger partial charge in [-0.15, -0.1) is 0 Å². The average Bonchev–Trinajstić information content (AvgIpc) is 1.50. The number of rotatable bonds is 3. The number of hydrogen-bond acceptors (Lipinski definition) is 0. The van der Waals surface area contributed by atoms with E-state index in [9.17, 15) is 0 Å². The van der Waals surface area contributed by atoms with Crippen molar-refractivity contribution in [2.45, 2.75) is 57.8 Å². The van der Waals surface area contributed by atoms with Crippen LogP contribution in [0.5, 0.6) is 0 Å². The predicted molar refractivity (Wildman–Crippen MR) is 373 cm³/mol. The average molecular weight is 1110 g/mol. The van der Waals surface area contributed by atoms with E-state index in [1.807, 2.05) is 0 Å². The highest BCUT2D eigenvalue weighted by molar-refractivity contribution is 6.30. The minimum absolute atomic E-state index is 0.371. The summed E-state index contributed by atoms with van der Waals surface area (Å²) in [5.41, 5.74) is 23.4. The lowest BCUT2D eigenvalue weighted by molar-refractivity contribution is 0.636. The Morgan fingerprint density at radius 1 is 0.172 bits per heavy atom. The summed E-state index contributed by atoms with van der Waals surface area (Å²) in [5.74, 6) is 0. The first-order valence-corrected chi connectivity index (χ1v) is 31.1. The van der Waals surface area contributed by atoms with Crippen LogP contribution in [0.4, 0.5) is 0 Å². The summed E-state index contributed by atoms with van der Waals surface area (Å²) in [6, 6.07) is 97.6. The molecule has 19 rings (SSSR count). The second-order valence-corrected chi connectivity index (χ2v) is 27.0. The first-order chi connectivity index (χ1) is 42.4. The summed E-state index contributed by atoms with van der Waals surface area (Å²) in [4.78, 5) is 0. The van der Waals surface area contributed by atoms with E-state index in [4.69, 9.17) is 0 Å². The summed E-state index contributed by atoms with van der Waals surface area (Å²) in [7, 11) is 0. The number of hydrogen-bond donors (Lipinski definition) is 0. The van der Waals surface area contributed by atoms with E-state index in [0.717, 1.165) is 0 Å². The normalized spacial score (nSPS) is 14.8. The van der Waals surface area contributed by atoms with Crippen LogP contribution in [-0.4, -0.2) is 0 Å². The molecular weight excluding hydrogens is 1040 g/mol. The minimum atomic E-state index is -0.371. The van der Waals surface area contributed by atoms with Crippen molar-refractivity contribution in [2.24, 2.45) is 0 Å². The molecule has 0 radical (unpaired) electrons. The summed E-state index contributed by atoms with van der Waals surface area (Å²) in [5, 5.41) is 23.5. The Kier molecular flexibility index (Phi) is 9.64. The molecule has 0 saturated heterocycles. The zero-order chi connectivity index (χ0) is 58.0. The molecule has 0 atom stereocenters. The second-order valence-electron chi connectivity index (χ2n) is 27.0. The van der Waals surface area contributed by atoms with Crippen LogP contribution in [0.15, 0.2) is 255 Å². The largest absolute Gasteiger partial charge is 0.0622 e. The Morgan fingerprint density at radius 2 is 0.379 bits per heavy atom. The van der Waals surface area contributed by atoms with Crippen LogP contribution in [0.25, 0.3) is 164 Å². The van der Waals surface area contributed by atoms with Crippen molar-refractivity contribution in [3.63, 3.8) is 0 Å². The molecule has 0 aromatic heterocycles. The zero-order valence-electron chi connectivity index (χ0n) is 49.7. The van der Waals surface area contributed by atoms with Gasteiger partial charge in [-0.05, 0) is 252 Å². The molecular formula is C87H60. The van der Waals surface area contributed by atoms with Crippen LogP contribution in [-0.2, 0) is 16.2 Å². The van der Waals surface area contributed by atoms with Gasteiger partial charge in [0.25, 0.3) is 0 Å². The highest BCUT2D eigenvalue weighted by atomic mass is 14.6. The van der Waals surface area contributed by atoms with Crippen LogP contribution < -0.4 is 0 Å². The third-order valence-corrected chi connectivity index (χ3v) is 21.4. The topological polar surface area (TPSA) is 0 Å². The highest BCUT2D eigenvalue weighted by Crippen LogP contribution is 2.69. The number of fused-ring (bicyclic) bond motifs is 30. The smallest absolute Gasteiger partial charge is 0.0165 e. The van der Waals surface area contributed by atoms with Crippen molar-refractivity contribution in [3.05, 3.63) is 288 Å². The van der Waals surface area contributed by atoms with Gasteiger partial charge < -0.3 is 0 Å². The maximum Gasteiger partial charge on any atom is 0.0165 e. The highest BCUT2D eigenvalue weighted by Gasteiger charge is 2.53. The molecule has 0 spiro atoms. The lowest BCUT2D eigenvalue weighted by Gasteiger charge is -2.31. The van der Waals surface area contributed by atoms with Gasteiger partial charge in [-0.1, -0.05) is 242 Å². The third kappa shape index (κ3) is 6.42. The molecule has 0 heterocycles. The quantitative estimate of drug-likeness (QED) is 0.155. The van der Waals surface area contributed by atoms with Gasteiger partial charge in [-0.3, -0.25) is 0 Å². The third-order valence-electron chi connectivity index (χ3n) is 21.4. The van der Waals surface area contributed by atoms with E-state index in [1.165, 1.54) is 197 Å². The maximum absolute atomic E-state index is 2.64. The zero-order valence-corrected chi connectivity index (χ0v) is 49.7. The van der Waals surface area contributed by atoms with Gasteiger partial charge in [-0.2, -0.15) is 0 Å². The first kappa shape index (κ1) is 49.2. The Hall–Kier alpha value is -10.1. The molecule has 87 heavy (non-hydrogen) atoms. The van der Waals surface area contributed by atoms with E-state index in [2.05, 4.69) is 296 Å². The van der Waals surface area contributed by atoms with Crippen molar-refractivity contribution in [2.75, 3.05) is 0 Å². The molecule has 0 unspecified atom stereocenters. The summed E-state index contributed by atoms with van der Waals surface area (Å²) in [6.07, 6.45) is 0. The fourth-order valence-electron chi connectivity index (χ4n) is 17.4. The van der Waals surface area contributed by atoms with Gasteiger partial charge in [0.05, 0.1) is 0 Å². The molecule has 0 nitrogen and oxygen atoms in total. The summed E-state index contributed by atoms with van der Waals surface area (Å²) in [6.45, 7) is 15.3. The van der Waals surface area contributed by atoms with Crippen molar-refractivity contribution < 1.29 is 0 Å². The van der Waals surface area contributed by atoms with E-state index in [1.54, 1.807) is 0 Å². The van der Waals surface area contributed by atoms with Crippen molar-refractivity contribution in [3.8, 4) is 66.8 Å². The monoisotopic (exact) mass is 1100 g/mol. The van der Waals surface area contributed by atoms with Crippen LogP contribution >= 0.6 is 0 Å². The van der Waals surface area contributed by atoms with Gasteiger partial charge in [0, 0.05) is 16.2 Å². The first-order valence-electron chi connectivity index (χ1n) is 31.1. The van der Waals surface area contributed by atoms with E-state index in [0.29, 0.717) is 0 Å². The van der Waals surface area contributed by atoms with E-state index < -0.39 is 0 Å². The van der Waals surface area contributed by atoms with Crippen molar-refractivity contribution in [1.82, 2.24) is 0 Å². The Labute approximate surface area is 506 Å². The standard InChI is InChI=1S/C87H60/c1-85(2)76-46-70-61-37-34-52(49-22-10-7-11-23-49)40-64(61)55-28-16-19-31-58(55)67(70)43-73(76)79-82(85)80-74-44-68-59-32-20-17-29-56(59)65-41-53(50-24-12-8-13-25-50)35-38-62(65)71(68)47-77(74)86(3,4)84(80)81-75-45-69-60-33-21-18-30-57(60)66-42-54(51-26-14-9-15-27-51)36-39-63(66)72(69)48-78(75)87(5,6)83(79)81/h7-48H,1-6H3. The predicted octanol–water partition coefficient (Wildman–Crippen LogP) is 24.0. The van der Waals surface area contributed by atoms with Crippen LogP contribution in [0.3, 0.4) is 0 Å². The molecule has 0 aliphatic heterocycles. The van der Waals surface area contributed by atoms with Crippen molar-refractivity contribution in [1.29, 1.82) is 0 Å². The molecule has 16 aromatic rings. The molecule has 16 aromatic carbocycles. The second kappa shape index (κ2) is 17.1. The summed E-state index contributed by atoms with van der Waals surface area (Å²) < 4.78 is 0. The molecule has 3 aliphatic rings. The lowest BCUT2D eigenvalue weighted by Crippen LogP contribution is -2.22. The van der Waals surface area contributed by atoms with Gasteiger partial charge >= 0.3 is 0 Å². The molecule has 0 fully saturated rings. The molecule has 0 amide bonds. The van der Waals surface area contributed by atoms with Crippen LogP contribution in [0, 0.1) is 0 Å². The SMILES string of the molecule is CC1(C)c2cc3c4ccc(-c5ccccc5)cc4c4ccccc4c3cc2-c2c1c1c(c3c2C(C)(C)c2cc4c5ccc(-c6ccccc6)cc5c5ccccc5c4cc2-3)C(C)(C)c2cc3c4ccc(-c5ccccc5)cc4c4ccccc4c3cc2-1. The van der Waals surface area contributed by atoms with Gasteiger partial charge in [0.15, 0.2) is 0 Å². The fraction of sp³-hybridized carbons (Fsp3) is 0.103. The Balaban J connectivity index is 0.944. The van der Waals surface area contributed by atoms with Crippen LogP contribution in [0.1, 0.15) is 74.9 Å². The molecule has 408 valence electrons. The van der Waals surface area contributed by atoms with Crippen LogP contribution in [0.2, 0.25) is 0 Å². The number of benzene rings is 16. The lowest BCUT2D eigenvalue weighted by atomic mass is 9.71. The Morgan fingerprint density at radius 3 is 0.632 bits per heavy atom.